The van der Waals surface area contributed by atoms with Crippen molar-refractivity contribution in [3.63, 3.8) is 0 Å². The second kappa shape index (κ2) is 17.1. The van der Waals surface area contributed by atoms with Gasteiger partial charge >= 0.3 is 37.7 Å². The molecule has 0 unspecified atom stereocenters. The van der Waals surface area contributed by atoms with Crippen molar-refractivity contribution in [2.24, 2.45) is 0 Å². The van der Waals surface area contributed by atoms with Gasteiger partial charge in [-0.3, -0.25) is 0 Å². The van der Waals surface area contributed by atoms with Crippen LogP contribution in [-0.2, 0) is 50.3 Å². The van der Waals surface area contributed by atoms with Crippen molar-refractivity contribution in [1.82, 2.24) is 0 Å². The molecule has 0 amide bonds. The molecule has 0 atom stereocenters. The summed E-state index contributed by atoms with van der Waals surface area (Å²) in [5, 5.41) is 0. The first-order valence-corrected chi connectivity index (χ1v) is 0. The molecule has 0 aliphatic carbocycles. The minimum absolute atomic E-state index is 0. The van der Waals surface area contributed by atoms with E-state index >= 15 is 0 Å². The molecule has 0 aromatic heterocycles. The number of rotatable bonds is 0. The Labute approximate surface area is 86.4 Å². The van der Waals surface area contributed by atoms with Crippen LogP contribution in [0.15, 0.2) is 0 Å². The molecule has 0 bridgehead atoms. The zero-order valence-corrected chi connectivity index (χ0v) is 3.92. The van der Waals surface area contributed by atoms with E-state index in [1.807, 2.05) is 0 Å². The summed E-state index contributed by atoms with van der Waals surface area (Å²) in [6.45, 7) is 0. The van der Waals surface area contributed by atoms with Gasteiger partial charge in [0.1, 0.15) is 0 Å². The molecule has 0 rings (SSSR count). The molecular formula is H2CaCoCuNi. The molecule has 4 heteroatoms. The largest absolute Gasteiger partial charge is 0 e. The van der Waals surface area contributed by atoms with Crippen molar-refractivity contribution >= 4 is 37.7 Å². The van der Waals surface area contributed by atoms with Gasteiger partial charge in [-0.25, -0.2) is 0 Å². The predicted octanol–water partition coefficient (Wildman–Crippen LogP) is -0.924. The van der Waals surface area contributed by atoms with Crippen LogP contribution in [0.1, 0.15) is 0 Å². The first-order chi connectivity index (χ1) is 0. The van der Waals surface area contributed by atoms with Crippen LogP contribution in [-0.4, -0.2) is 37.7 Å². The molecule has 4 heavy (non-hydrogen) atoms. The Morgan fingerprint density at radius 2 is 1.00 bits per heavy atom. The molecule has 0 aromatic rings. The molecular weight excluding hydrogens is 221 g/mol. The van der Waals surface area contributed by atoms with Crippen LogP contribution < -0.4 is 0 Å². The Hall–Kier alpha value is 2.78. The Morgan fingerprint density at radius 3 is 1.00 bits per heavy atom. The van der Waals surface area contributed by atoms with Gasteiger partial charge < -0.3 is 0 Å². The molecule has 0 aliphatic heterocycles. The van der Waals surface area contributed by atoms with Crippen LogP contribution in [0.3, 0.4) is 0 Å². The van der Waals surface area contributed by atoms with Crippen molar-refractivity contribution < 1.29 is 50.3 Å². The molecule has 34 valence electrons. The van der Waals surface area contributed by atoms with E-state index in [1.165, 1.54) is 0 Å². The molecule has 0 saturated heterocycles. The Morgan fingerprint density at radius 1 is 1.00 bits per heavy atom. The Bertz CT molecular complexity index is 8.00. The van der Waals surface area contributed by atoms with Crippen molar-refractivity contribution in [2.45, 2.75) is 0 Å². The maximum absolute atomic E-state index is 0. The average molecular weight is 223 g/mol. The third-order valence-electron chi connectivity index (χ3n) is 0. The van der Waals surface area contributed by atoms with Crippen LogP contribution in [0.5, 0.6) is 0 Å². The summed E-state index contributed by atoms with van der Waals surface area (Å²) in [5.41, 5.74) is 0. The summed E-state index contributed by atoms with van der Waals surface area (Å²) < 4.78 is 0. The molecule has 0 heterocycles. The molecule has 0 aliphatic rings. The molecule has 0 spiro atoms. The minimum atomic E-state index is 0. The predicted molar refractivity (Wildman–Crippen MR) is 8.54 cm³/mol. The fourth-order valence-electron chi connectivity index (χ4n) is 0. The molecule has 0 saturated carbocycles. The Kier molecular flexibility index (Phi) is 125. The van der Waals surface area contributed by atoms with Crippen molar-refractivity contribution in [2.75, 3.05) is 0 Å². The van der Waals surface area contributed by atoms with Gasteiger partial charge in [-0.1, -0.05) is 0 Å². The SMILES string of the molecule is [CaH2].[Co].[Cu].[Ni]. The second-order valence-corrected chi connectivity index (χ2v) is 0. The van der Waals surface area contributed by atoms with Crippen LogP contribution in [0.2, 0.25) is 0 Å². The monoisotopic (exact) mass is 222 g/mol. The van der Waals surface area contributed by atoms with Crippen LogP contribution in [0.4, 0.5) is 0 Å². The second-order valence-electron chi connectivity index (χ2n) is 0. The molecule has 0 aromatic carbocycles. The first-order valence-electron chi connectivity index (χ1n) is 0. The Balaban J connectivity index is 0. The van der Waals surface area contributed by atoms with E-state index in [0.29, 0.717) is 0 Å². The summed E-state index contributed by atoms with van der Waals surface area (Å²) in [4.78, 5) is 0. The summed E-state index contributed by atoms with van der Waals surface area (Å²) >= 11 is 0. The molecule has 0 fully saturated rings. The van der Waals surface area contributed by atoms with E-state index in [1.54, 1.807) is 0 Å². The third kappa shape index (κ3) is 8.84. The quantitative estimate of drug-likeness (QED) is 0.466. The maximum Gasteiger partial charge on any atom is 0 e. The fourth-order valence-corrected chi connectivity index (χ4v) is 0. The standard InChI is InChI=1S/Ca.Co.Cu.Ni.2H. The average Bonchev–Trinajstić information content (AvgIpc) is 0. The van der Waals surface area contributed by atoms with Gasteiger partial charge in [0.05, 0.1) is 0 Å². The van der Waals surface area contributed by atoms with Gasteiger partial charge in [-0.15, -0.1) is 0 Å². The van der Waals surface area contributed by atoms with Crippen molar-refractivity contribution in [3.8, 4) is 0 Å². The van der Waals surface area contributed by atoms with Crippen molar-refractivity contribution in [1.29, 1.82) is 0 Å². The van der Waals surface area contributed by atoms with Gasteiger partial charge in [-0.05, 0) is 0 Å². The van der Waals surface area contributed by atoms with Gasteiger partial charge in [0.2, 0.25) is 0 Å². The summed E-state index contributed by atoms with van der Waals surface area (Å²) in [5.74, 6) is 0. The zero-order chi connectivity index (χ0) is 0. The first kappa shape index (κ1) is 29.3. The molecule has 2 radical (unpaired) electrons. The van der Waals surface area contributed by atoms with Gasteiger partial charge in [0.25, 0.3) is 0 Å². The van der Waals surface area contributed by atoms with E-state index < -0.39 is 0 Å². The van der Waals surface area contributed by atoms with E-state index in [-0.39, 0.29) is 88.1 Å². The fraction of sp³-hybridized carbons (Fsp3) is 0. The number of hydrogen-bond acceptors (Lipinski definition) is 0. The zero-order valence-electron chi connectivity index (χ0n) is 0.951. The van der Waals surface area contributed by atoms with E-state index in [0.717, 1.165) is 0 Å². The van der Waals surface area contributed by atoms with E-state index in [9.17, 15) is 0 Å². The van der Waals surface area contributed by atoms with Crippen molar-refractivity contribution in [3.05, 3.63) is 0 Å². The third-order valence-corrected chi connectivity index (χ3v) is 0. The normalized spacial score (nSPS) is 0. The summed E-state index contributed by atoms with van der Waals surface area (Å²) in [6, 6.07) is 0. The maximum atomic E-state index is 0. The van der Waals surface area contributed by atoms with E-state index in [4.69, 9.17) is 0 Å². The topological polar surface area (TPSA) is 0 Å². The minimum Gasteiger partial charge on any atom is 0 e. The summed E-state index contributed by atoms with van der Waals surface area (Å²) in [6.07, 6.45) is 0. The summed E-state index contributed by atoms with van der Waals surface area (Å²) in [7, 11) is 0. The van der Waals surface area contributed by atoms with Gasteiger partial charge in [-0.2, -0.15) is 0 Å². The van der Waals surface area contributed by atoms with E-state index in [2.05, 4.69) is 0 Å². The van der Waals surface area contributed by atoms with Gasteiger partial charge in [0.15, 0.2) is 0 Å². The van der Waals surface area contributed by atoms with Crippen LogP contribution in [0, 0.1) is 0 Å². The smallest absolute Gasteiger partial charge is 0 e. The van der Waals surface area contributed by atoms with Crippen LogP contribution >= 0.6 is 0 Å². The van der Waals surface area contributed by atoms with Gasteiger partial charge in [0, 0.05) is 50.3 Å². The molecule has 0 N–H and O–H groups in total. The molecule has 0 nitrogen and oxygen atoms in total. The number of hydrogen-bond donors (Lipinski definition) is 0. The van der Waals surface area contributed by atoms with Crippen LogP contribution in [0.25, 0.3) is 0 Å².